The van der Waals surface area contributed by atoms with Crippen molar-refractivity contribution < 1.29 is 9.52 Å². The highest BCUT2D eigenvalue weighted by Crippen LogP contribution is 2.29. The van der Waals surface area contributed by atoms with Crippen LogP contribution in [0.4, 0.5) is 0 Å². The topological polar surface area (TPSA) is 67.3 Å². The van der Waals surface area contributed by atoms with E-state index >= 15 is 0 Å². The van der Waals surface area contributed by atoms with Gasteiger partial charge in [0.15, 0.2) is 11.5 Å². The van der Waals surface area contributed by atoms with Crippen molar-refractivity contribution in [1.82, 2.24) is 19.7 Å². The van der Waals surface area contributed by atoms with Crippen LogP contribution in [0.25, 0.3) is 11.1 Å². The second-order valence-electron chi connectivity index (χ2n) is 6.48. The largest absolute Gasteiger partial charge is 0.440 e. The molecule has 0 radical (unpaired) electrons. The van der Waals surface area contributed by atoms with E-state index in [0.717, 1.165) is 42.9 Å². The first-order chi connectivity index (χ1) is 11.8. The number of β-amino-alcohol motifs (C(OH)–C–C–N with tert-alkyl or cyclic N) is 1. The normalized spacial score (nSPS) is 18.2. The maximum absolute atomic E-state index is 10.2. The molecule has 1 aliphatic heterocycles. The van der Waals surface area contributed by atoms with Gasteiger partial charge in [0.1, 0.15) is 5.52 Å². The van der Waals surface area contributed by atoms with Crippen molar-refractivity contribution in [1.29, 1.82) is 0 Å². The minimum Gasteiger partial charge on any atom is -0.440 e. The number of likely N-dealkylation sites (tertiary alicyclic amines) is 1. The molecule has 1 saturated heterocycles. The van der Waals surface area contributed by atoms with Crippen molar-refractivity contribution in [3.63, 3.8) is 0 Å². The molecule has 6 nitrogen and oxygen atoms in total. The zero-order valence-corrected chi connectivity index (χ0v) is 13.6. The quantitative estimate of drug-likeness (QED) is 0.779. The van der Waals surface area contributed by atoms with Gasteiger partial charge in [-0.15, -0.1) is 0 Å². The third kappa shape index (κ3) is 3.34. The predicted molar refractivity (Wildman–Crippen MR) is 90.7 cm³/mol. The molecule has 4 rings (SSSR count). The lowest BCUT2D eigenvalue weighted by Gasteiger charge is -2.31. The van der Waals surface area contributed by atoms with Gasteiger partial charge in [0.2, 0.25) is 0 Å². The molecule has 0 spiro atoms. The van der Waals surface area contributed by atoms with Crippen LogP contribution in [0.15, 0.2) is 47.1 Å². The van der Waals surface area contributed by atoms with Crippen LogP contribution < -0.4 is 0 Å². The third-order valence-corrected chi connectivity index (χ3v) is 4.67. The number of hydrogen-bond donors (Lipinski definition) is 1. The van der Waals surface area contributed by atoms with Crippen molar-refractivity contribution >= 4 is 11.1 Å². The van der Waals surface area contributed by atoms with Crippen LogP contribution in [0.2, 0.25) is 0 Å². The molecule has 1 fully saturated rings. The molecule has 2 aromatic heterocycles. The second-order valence-corrected chi connectivity index (χ2v) is 6.48. The van der Waals surface area contributed by atoms with Crippen molar-refractivity contribution in [2.45, 2.75) is 31.4 Å². The van der Waals surface area contributed by atoms with Crippen LogP contribution in [0.1, 0.15) is 24.7 Å². The predicted octanol–water partition coefficient (Wildman–Crippen LogP) is 2.26. The molecule has 24 heavy (non-hydrogen) atoms. The fourth-order valence-corrected chi connectivity index (χ4v) is 3.41. The Bertz CT molecular complexity index is 742. The SMILES string of the molecule is O[C@H](CN1CCC(c2nc3ccccc3o2)CC1)Cn1cccn1. The number of aliphatic hydroxyl groups is 1. The summed E-state index contributed by atoms with van der Waals surface area (Å²) in [6.45, 7) is 3.14. The van der Waals surface area contributed by atoms with E-state index in [4.69, 9.17) is 4.42 Å². The molecule has 0 saturated carbocycles. The van der Waals surface area contributed by atoms with Gasteiger partial charge in [0, 0.05) is 24.9 Å². The third-order valence-electron chi connectivity index (χ3n) is 4.67. The smallest absolute Gasteiger partial charge is 0.198 e. The number of hydrogen-bond acceptors (Lipinski definition) is 5. The summed E-state index contributed by atoms with van der Waals surface area (Å²) in [6, 6.07) is 9.79. The molecule has 0 bridgehead atoms. The molecule has 0 unspecified atom stereocenters. The Morgan fingerprint density at radius 2 is 2.00 bits per heavy atom. The number of benzene rings is 1. The van der Waals surface area contributed by atoms with Crippen LogP contribution in [0, 0.1) is 0 Å². The number of nitrogens with zero attached hydrogens (tertiary/aromatic N) is 4. The summed E-state index contributed by atoms with van der Waals surface area (Å²) in [6.07, 6.45) is 5.25. The Labute approximate surface area is 140 Å². The first kappa shape index (κ1) is 15.4. The minimum atomic E-state index is -0.397. The lowest BCUT2D eigenvalue weighted by atomic mass is 9.96. The molecule has 3 aromatic rings. The van der Waals surface area contributed by atoms with E-state index in [0.29, 0.717) is 19.0 Å². The Morgan fingerprint density at radius 3 is 2.75 bits per heavy atom. The van der Waals surface area contributed by atoms with Crippen molar-refractivity contribution in [2.75, 3.05) is 19.6 Å². The fraction of sp³-hybridized carbons (Fsp3) is 0.444. The molecule has 0 aliphatic carbocycles. The lowest BCUT2D eigenvalue weighted by molar-refractivity contribution is 0.0806. The molecule has 126 valence electrons. The molecular formula is C18H22N4O2. The standard InChI is InChI=1S/C18H22N4O2/c23-15(13-22-9-3-8-19-22)12-21-10-6-14(7-11-21)18-20-16-4-1-2-5-17(16)24-18/h1-5,8-9,14-15,23H,6-7,10-13H2/t15-/m1/s1. The van der Waals surface area contributed by atoms with Crippen LogP contribution in [-0.4, -0.2) is 50.5 Å². The van der Waals surface area contributed by atoms with Crippen LogP contribution in [0.3, 0.4) is 0 Å². The zero-order valence-electron chi connectivity index (χ0n) is 13.6. The Morgan fingerprint density at radius 1 is 1.17 bits per heavy atom. The Kier molecular flexibility index (Phi) is 4.32. The van der Waals surface area contributed by atoms with E-state index in [1.807, 2.05) is 36.5 Å². The van der Waals surface area contributed by atoms with E-state index in [1.165, 1.54) is 0 Å². The highest BCUT2D eigenvalue weighted by Gasteiger charge is 2.25. The summed E-state index contributed by atoms with van der Waals surface area (Å²) in [5.74, 6) is 1.23. The first-order valence-corrected chi connectivity index (χ1v) is 8.51. The minimum absolute atomic E-state index is 0.372. The van der Waals surface area contributed by atoms with Gasteiger partial charge in [-0.2, -0.15) is 5.10 Å². The fourth-order valence-electron chi connectivity index (χ4n) is 3.41. The summed E-state index contributed by atoms with van der Waals surface area (Å²) in [7, 11) is 0. The van der Waals surface area contributed by atoms with E-state index in [9.17, 15) is 5.11 Å². The van der Waals surface area contributed by atoms with Gasteiger partial charge in [-0.3, -0.25) is 4.68 Å². The van der Waals surface area contributed by atoms with Crippen LogP contribution in [0.5, 0.6) is 0 Å². The average Bonchev–Trinajstić information content (AvgIpc) is 3.24. The summed E-state index contributed by atoms with van der Waals surface area (Å²) >= 11 is 0. The first-order valence-electron chi connectivity index (χ1n) is 8.51. The molecular weight excluding hydrogens is 304 g/mol. The monoisotopic (exact) mass is 326 g/mol. The van der Waals surface area contributed by atoms with E-state index < -0.39 is 6.10 Å². The number of rotatable bonds is 5. The van der Waals surface area contributed by atoms with Crippen molar-refractivity contribution in [3.8, 4) is 0 Å². The van der Waals surface area contributed by atoms with Crippen LogP contribution in [-0.2, 0) is 6.54 Å². The second kappa shape index (κ2) is 6.75. The maximum atomic E-state index is 10.2. The highest BCUT2D eigenvalue weighted by atomic mass is 16.3. The van der Waals surface area contributed by atoms with E-state index in [2.05, 4.69) is 15.0 Å². The zero-order chi connectivity index (χ0) is 16.4. The molecule has 6 heteroatoms. The maximum Gasteiger partial charge on any atom is 0.198 e. The summed E-state index contributed by atoms with van der Waals surface area (Å²) in [5, 5.41) is 14.4. The van der Waals surface area contributed by atoms with Crippen molar-refractivity contribution in [2.24, 2.45) is 0 Å². The van der Waals surface area contributed by atoms with E-state index in [1.54, 1.807) is 10.9 Å². The number of piperidine rings is 1. The Hall–Kier alpha value is -2.18. The number of oxazole rings is 1. The highest BCUT2D eigenvalue weighted by molar-refractivity contribution is 5.72. The molecule has 1 atom stereocenters. The van der Waals surface area contributed by atoms with Gasteiger partial charge >= 0.3 is 0 Å². The molecule has 1 aromatic carbocycles. The number of aromatic nitrogens is 3. The van der Waals surface area contributed by atoms with Gasteiger partial charge in [0.05, 0.1) is 12.6 Å². The van der Waals surface area contributed by atoms with Gasteiger partial charge in [-0.1, -0.05) is 12.1 Å². The van der Waals surface area contributed by atoms with Gasteiger partial charge in [-0.05, 0) is 44.1 Å². The molecule has 1 aliphatic rings. The molecule has 3 heterocycles. The number of aliphatic hydroxyl groups excluding tert-OH is 1. The van der Waals surface area contributed by atoms with Gasteiger partial charge in [0.25, 0.3) is 0 Å². The summed E-state index contributed by atoms with van der Waals surface area (Å²) in [5.41, 5.74) is 1.80. The van der Waals surface area contributed by atoms with Crippen LogP contribution >= 0.6 is 0 Å². The average molecular weight is 326 g/mol. The Balaban J connectivity index is 1.31. The number of fused-ring (bicyclic) bond motifs is 1. The van der Waals surface area contributed by atoms with E-state index in [-0.39, 0.29) is 0 Å². The van der Waals surface area contributed by atoms with Crippen molar-refractivity contribution in [3.05, 3.63) is 48.6 Å². The summed E-state index contributed by atoms with van der Waals surface area (Å²) in [4.78, 5) is 6.94. The van der Waals surface area contributed by atoms with Gasteiger partial charge in [-0.25, -0.2) is 4.98 Å². The molecule has 0 amide bonds. The molecule has 1 N–H and O–H groups in total. The summed E-state index contributed by atoms with van der Waals surface area (Å²) < 4.78 is 7.68. The van der Waals surface area contributed by atoms with Gasteiger partial charge < -0.3 is 14.4 Å². The number of para-hydroxylation sites is 2. The lowest BCUT2D eigenvalue weighted by Crippen LogP contribution is -2.39.